The molecular weight excluding hydrogens is 588 g/mol. The van der Waals surface area contributed by atoms with Crippen molar-refractivity contribution in [1.82, 2.24) is 0 Å². The molecule has 0 aromatic rings. The number of cyclic esters (lactones) is 1. The lowest BCUT2D eigenvalue weighted by Gasteiger charge is -2.52. The van der Waals surface area contributed by atoms with Gasteiger partial charge in [0.1, 0.15) is 12.2 Å². The molecule has 0 aromatic carbocycles. The summed E-state index contributed by atoms with van der Waals surface area (Å²) in [5.74, 6) is -2.76. The van der Waals surface area contributed by atoms with E-state index in [-0.39, 0.29) is 41.6 Å². The molecular formula is C37H62O9. The monoisotopic (exact) mass is 650 g/mol. The average molecular weight is 651 g/mol. The van der Waals surface area contributed by atoms with E-state index < -0.39 is 48.0 Å². The van der Waals surface area contributed by atoms with Crippen LogP contribution in [0.1, 0.15) is 75.2 Å². The summed E-state index contributed by atoms with van der Waals surface area (Å²) in [6.07, 6.45) is 6.89. The SMILES string of the molecule is CO/C1=C/C(C)=C/[C@@H](C)[C@H](O)[C@@H](C)C/C(C)=C/C=C/[C@H](OC)[C@@H]([C@@H](C)[C@@H](O)[C@H](C)[C@]2(OC)C[C@H](OC)[C@@H](C)[C@H](C(C)C)O2)OC1=O. The zero-order chi connectivity index (χ0) is 34.9. The Morgan fingerprint density at radius 2 is 1.65 bits per heavy atom. The normalized spacial score (nSPS) is 39.9. The van der Waals surface area contributed by atoms with Crippen molar-refractivity contribution in [3.8, 4) is 0 Å². The number of allylic oxidation sites excluding steroid dienone is 5. The van der Waals surface area contributed by atoms with Crippen LogP contribution in [0.2, 0.25) is 0 Å². The maximum absolute atomic E-state index is 13.6. The van der Waals surface area contributed by atoms with Crippen molar-refractivity contribution in [1.29, 1.82) is 0 Å². The summed E-state index contributed by atoms with van der Waals surface area (Å²) in [5, 5.41) is 23.0. The largest absolute Gasteiger partial charge is 0.490 e. The highest BCUT2D eigenvalue weighted by Gasteiger charge is 2.53. The van der Waals surface area contributed by atoms with Gasteiger partial charge >= 0.3 is 5.97 Å². The summed E-state index contributed by atoms with van der Waals surface area (Å²) in [7, 11) is 6.25. The van der Waals surface area contributed by atoms with Gasteiger partial charge in [0.15, 0.2) is 5.79 Å². The van der Waals surface area contributed by atoms with Crippen molar-refractivity contribution < 1.29 is 43.4 Å². The predicted molar refractivity (Wildman–Crippen MR) is 180 cm³/mol. The fourth-order valence-electron chi connectivity index (χ4n) is 7.12. The van der Waals surface area contributed by atoms with Crippen molar-refractivity contribution in [2.24, 2.45) is 35.5 Å². The number of hydrogen-bond acceptors (Lipinski definition) is 9. The first-order valence-corrected chi connectivity index (χ1v) is 16.7. The Labute approximate surface area is 278 Å². The molecule has 264 valence electrons. The van der Waals surface area contributed by atoms with Gasteiger partial charge in [-0.3, -0.25) is 0 Å². The van der Waals surface area contributed by atoms with Crippen LogP contribution in [0.15, 0.2) is 47.3 Å². The van der Waals surface area contributed by atoms with Crippen LogP contribution >= 0.6 is 0 Å². The van der Waals surface area contributed by atoms with Gasteiger partial charge in [-0.15, -0.1) is 0 Å². The second kappa shape index (κ2) is 17.9. The van der Waals surface area contributed by atoms with Crippen molar-refractivity contribution in [3.63, 3.8) is 0 Å². The van der Waals surface area contributed by atoms with Gasteiger partial charge in [-0.25, -0.2) is 4.79 Å². The molecule has 2 aliphatic heterocycles. The highest BCUT2D eigenvalue weighted by atomic mass is 16.7. The Hall–Kier alpha value is -2.01. The number of aliphatic hydroxyl groups is 2. The van der Waals surface area contributed by atoms with E-state index in [9.17, 15) is 15.0 Å². The summed E-state index contributed by atoms with van der Waals surface area (Å²) in [6.45, 7) is 17.9. The Kier molecular flexibility index (Phi) is 15.7. The molecule has 46 heavy (non-hydrogen) atoms. The molecule has 2 rings (SSSR count). The third-order valence-corrected chi connectivity index (χ3v) is 10.1. The molecule has 2 aliphatic rings. The molecule has 0 unspecified atom stereocenters. The number of carbonyl (C=O) groups is 1. The number of aliphatic hydroxyl groups excluding tert-OH is 2. The Balaban J connectivity index is 2.57. The average Bonchev–Trinajstić information content (AvgIpc) is 3.02. The number of esters is 1. The van der Waals surface area contributed by atoms with Crippen LogP contribution < -0.4 is 0 Å². The molecule has 0 radical (unpaired) electrons. The summed E-state index contributed by atoms with van der Waals surface area (Å²) >= 11 is 0. The van der Waals surface area contributed by atoms with Crippen molar-refractivity contribution in [3.05, 3.63) is 47.3 Å². The molecule has 0 saturated carbocycles. The van der Waals surface area contributed by atoms with E-state index in [2.05, 4.69) is 20.8 Å². The second-order valence-electron chi connectivity index (χ2n) is 13.9. The Bertz CT molecular complexity index is 1090. The molecule has 9 nitrogen and oxygen atoms in total. The van der Waals surface area contributed by atoms with E-state index in [1.54, 1.807) is 27.4 Å². The van der Waals surface area contributed by atoms with Crippen molar-refractivity contribution in [2.75, 3.05) is 28.4 Å². The summed E-state index contributed by atoms with van der Waals surface area (Å²) < 4.78 is 36.2. The number of methoxy groups -OCH3 is 4. The maximum Gasteiger partial charge on any atom is 0.373 e. The topological polar surface area (TPSA) is 113 Å². The van der Waals surface area contributed by atoms with E-state index >= 15 is 0 Å². The van der Waals surface area contributed by atoms with Gasteiger partial charge in [0.2, 0.25) is 5.76 Å². The van der Waals surface area contributed by atoms with E-state index in [1.165, 1.54) is 7.11 Å². The number of carbonyl (C=O) groups excluding carboxylic acids is 1. The minimum Gasteiger partial charge on any atom is -0.490 e. The third-order valence-electron chi connectivity index (χ3n) is 10.1. The van der Waals surface area contributed by atoms with Gasteiger partial charge in [-0.05, 0) is 38.2 Å². The van der Waals surface area contributed by atoms with Gasteiger partial charge in [0.05, 0.1) is 31.5 Å². The van der Waals surface area contributed by atoms with Gasteiger partial charge in [0, 0.05) is 51.4 Å². The van der Waals surface area contributed by atoms with Crippen LogP contribution in [0, 0.1) is 35.5 Å². The molecule has 0 aliphatic carbocycles. The minimum absolute atomic E-state index is 0.00516. The Morgan fingerprint density at radius 3 is 2.20 bits per heavy atom. The molecule has 1 saturated heterocycles. The molecule has 2 heterocycles. The summed E-state index contributed by atoms with van der Waals surface area (Å²) in [6, 6.07) is 0. The predicted octanol–water partition coefficient (Wildman–Crippen LogP) is 6.00. The molecule has 0 amide bonds. The molecule has 0 spiro atoms. The van der Waals surface area contributed by atoms with Gasteiger partial charge in [0.25, 0.3) is 0 Å². The van der Waals surface area contributed by atoms with Crippen LogP contribution in [0.3, 0.4) is 0 Å². The lowest BCUT2D eigenvalue weighted by Crippen LogP contribution is -2.60. The van der Waals surface area contributed by atoms with Crippen molar-refractivity contribution in [2.45, 2.75) is 118 Å². The first-order valence-electron chi connectivity index (χ1n) is 16.7. The van der Waals surface area contributed by atoms with E-state index in [1.807, 2.05) is 65.8 Å². The van der Waals surface area contributed by atoms with E-state index in [4.69, 9.17) is 28.4 Å². The van der Waals surface area contributed by atoms with Crippen LogP contribution in [0.4, 0.5) is 0 Å². The highest BCUT2D eigenvalue weighted by Crippen LogP contribution is 2.44. The molecule has 0 bridgehead atoms. The standard InChI is InChI=1S/C37H62O9/c1-21(2)34-26(7)31(43-12)20-37(44-13,46-34)28(9)33(39)27(8)35-29(41-10)16-14-15-22(3)17-24(5)32(38)25(6)18-23(4)19-30(42-11)36(40)45-35/h14-16,18-19,21,24-29,31-35,38-39H,17,20H2,1-13H3/b16-14+,22-15+,23-18+,30-19+/t24-,25+,26+,27-,28-,29-,31-,32+,33+,34-,35+,37-/m0/s1. The van der Waals surface area contributed by atoms with Gasteiger partial charge in [-0.1, -0.05) is 83.9 Å². The van der Waals surface area contributed by atoms with Crippen LogP contribution in [0.5, 0.6) is 0 Å². The minimum atomic E-state index is -1.13. The van der Waals surface area contributed by atoms with Crippen molar-refractivity contribution >= 4 is 5.97 Å². The summed E-state index contributed by atoms with van der Waals surface area (Å²) in [4.78, 5) is 13.6. The second-order valence-corrected chi connectivity index (χ2v) is 13.9. The lowest BCUT2D eigenvalue weighted by molar-refractivity contribution is -0.340. The van der Waals surface area contributed by atoms with Gasteiger partial charge in [-0.2, -0.15) is 0 Å². The zero-order valence-electron chi connectivity index (χ0n) is 30.5. The highest BCUT2D eigenvalue weighted by molar-refractivity contribution is 5.87. The first kappa shape index (κ1) is 40.2. The number of rotatable bonds is 9. The lowest BCUT2D eigenvalue weighted by atomic mass is 9.76. The van der Waals surface area contributed by atoms with Gasteiger partial charge < -0.3 is 38.6 Å². The summed E-state index contributed by atoms with van der Waals surface area (Å²) in [5.41, 5.74) is 1.85. The zero-order valence-corrected chi connectivity index (χ0v) is 30.5. The number of hydrogen-bond donors (Lipinski definition) is 2. The molecule has 2 N–H and O–H groups in total. The maximum atomic E-state index is 13.6. The third kappa shape index (κ3) is 9.77. The molecule has 1 fully saturated rings. The fourth-order valence-corrected chi connectivity index (χ4v) is 7.12. The quantitative estimate of drug-likeness (QED) is 0.290. The van der Waals surface area contributed by atoms with E-state index in [0.717, 1.165) is 11.1 Å². The smallest absolute Gasteiger partial charge is 0.373 e. The van der Waals surface area contributed by atoms with E-state index in [0.29, 0.717) is 12.8 Å². The van der Waals surface area contributed by atoms with Crippen LogP contribution in [-0.4, -0.2) is 87.0 Å². The molecule has 9 heteroatoms. The first-order chi connectivity index (χ1) is 21.6. The number of ether oxygens (including phenoxy) is 6. The molecule has 12 atom stereocenters. The van der Waals surface area contributed by atoms with Crippen LogP contribution in [0.25, 0.3) is 0 Å². The van der Waals surface area contributed by atoms with Crippen LogP contribution in [-0.2, 0) is 33.2 Å². The fraction of sp³-hybridized carbons (Fsp3) is 0.757. The Morgan fingerprint density at radius 1 is 1.00 bits per heavy atom. The molecule has 0 aromatic heterocycles.